The summed E-state index contributed by atoms with van der Waals surface area (Å²) in [5, 5.41) is 5.11. The van der Waals surface area contributed by atoms with Crippen molar-refractivity contribution in [2.45, 2.75) is 18.8 Å². The summed E-state index contributed by atoms with van der Waals surface area (Å²) in [6.07, 6.45) is 4.12. The summed E-state index contributed by atoms with van der Waals surface area (Å²) < 4.78 is 5.77. The number of rotatable bonds is 3. The quantitative estimate of drug-likeness (QED) is 0.533. The normalized spacial score (nSPS) is 16.0. The van der Waals surface area contributed by atoms with Gasteiger partial charge in [-0.15, -0.1) is 0 Å². The zero-order chi connectivity index (χ0) is 19.1. The van der Waals surface area contributed by atoms with Crippen LogP contribution in [0.4, 0.5) is 5.82 Å². The van der Waals surface area contributed by atoms with Crippen molar-refractivity contribution in [1.82, 2.24) is 9.88 Å². The second kappa shape index (κ2) is 6.84. The molecule has 2 aromatic carbocycles. The van der Waals surface area contributed by atoms with Crippen LogP contribution in [0.5, 0.6) is 0 Å². The van der Waals surface area contributed by atoms with E-state index < -0.39 is 0 Å². The molecule has 2 aromatic heterocycles. The Kier molecular flexibility index (Phi) is 4.17. The highest BCUT2D eigenvalue weighted by molar-refractivity contribution is 6.07. The number of para-hydroxylation sites is 1. The molecule has 142 valence electrons. The number of H-pyrrole nitrogens is 1. The molecule has 1 aliphatic rings. The minimum Gasteiger partial charge on any atom is -0.464 e. The predicted molar refractivity (Wildman–Crippen MR) is 112 cm³/mol. The largest absolute Gasteiger partial charge is 0.464 e. The van der Waals surface area contributed by atoms with Gasteiger partial charge in [0.15, 0.2) is 0 Å². The van der Waals surface area contributed by atoms with Gasteiger partial charge in [0.1, 0.15) is 11.4 Å². The number of aromatic amines is 1. The fourth-order valence-corrected chi connectivity index (χ4v) is 4.16. The lowest BCUT2D eigenvalue weighted by Gasteiger charge is -2.28. The summed E-state index contributed by atoms with van der Waals surface area (Å²) in [7, 11) is 2.16. The molecule has 0 radical (unpaired) electrons. The third kappa shape index (κ3) is 3.08. The Morgan fingerprint density at radius 2 is 1.96 bits per heavy atom. The third-order valence-corrected chi connectivity index (χ3v) is 5.80. The molecule has 0 aliphatic carbocycles. The molecule has 5 nitrogen and oxygen atoms in total. The van der Waals surface area contributed by atoms with E-state index in [0.717, 1.165) is 47.8 Å². The van der Waals surface area contributed by atoms with Crippen molar-refractivity contribution in [3.63, 3.8) is 0 Å². The van der Waals surface area contributed by atoms with Crippen LogP contribution in [-0.4, -0.2) is 35.9 Å². The molecule has 2 N–H and O–H groups in total. The van der Waals surface area contributed by atoms with E-state index in [-0.39, 0.29) is 5.91 Å². The van der Waals surface area contributed by atoms with Gasteiger partial charge in [0, 0.05) is 27.4 Å². The lowest BCUT2D eigenvalue weighted by molar-refractivity contribution is 0.102. The first kappa shape index (κ1) is 17.1. The van der Waals surface area contributed by atoms with Crippen LogP contribution in [0.15, 0.2) is 59.2 Å². The first-order valence-corrected chi connectivity index (χ1v) is 9.76. The highest BCUT2D eigenvalue weighted by atomic mass is 16.3. The summed E-state index contributed by atoms with van der Waals surface area (Å²) in [5.41, 5.74) is 3.72. The molecule has 0 bridgehead atoms. The average molecular weight is 373 g/mol. The molecule has 5 heteroatoms. The van der Waals surface area contributed by atoms with Gasteiger partial charge in [-0.3, -0.25) is 4.79 Å². The fraction of sp³-hybridized carbons (Fsp3) is 0.261. The summed E-state index contributed by atoms with van der Waals surface area (Å²) in [6, 6.07) is 15.6. The number of carbonyl (C=O) groups excluding carboxylic acids is 1. The van der Waals surface area contributed by atoms with Crippen LogP contribution in [0.25, 0.3) is 21.9 Å². The van der Waals surface area contributed by atoms with Gasteiger partial charge in [-0.05, 0) is 69.2 Å². The number of fused-ring (bicyclic) bond motifs is 2. The Labute approximate surface area is 163 Å². The van der Waals surface area contributed by atoms with Gasteiger partial charge in [-0.25, -0.2) is 0 Å². The van der Waals surface area contributed by atoms with Crippen molar-refractivity contribution in [2.75, 3.05) is 25.5 Å². The van der Waals surface area contributed by atoms with E-state index in [2.05, 4.69) is 22.2 Å². The van der Waals surface area contributed by atoms with E-state index >= 15 is 0 Å². The van der Waals surface area contributed by atoms with Crippen LogP contribution in [0.3, 0.4) is 0 Å². The Morgan fingerprint density at radius 1 is 1.14 bits per heavy atom. The minimum absolute atomic E-state index is 0.121. The number of nitrogens with one attached hydrogen (secondary N) is 2. The van der Waals surface area contributed by atoms with Gasteiger partial charge in [0.2, 0.25) is 0 Å². The number of piperidine rings is 1. The maximum atomic E-state index is 12.8. The van der Waals surface area contributed by atoms with Crippen molar-refractivity contribution >= 4 is 33.6 Å². The standard InChI is InChI=1S/C23H23N3O2/c1-26-10-8-15(9-11-26)19-14-28-21-7-6-17(12-18(19)21)23(27)25-22-13-16-4-2-3-5-20(16)24-22/h2-7,12-15,24H,8-11H2,1H3,(H,25,27). The van der Waals surface area contributed by atoms with E-state index in [1.54, 1.807) is 0 Å². The highest BCUT2D eigenvalue weighted by Gasteiger charge is 2.22. The maximum absolute atomic E-state index is 12.8. The molecule has 1 amide bonds. The molecule has 3 heterocycles. The lowest BCUT2D eigenvalue weighted by Crippen LogP contribution is -2.29. The Bertz CT molecular complexity index is 1120. The first-order valence-electron chi connectivity index (χ1n) is 9.76. The Morgan fingerprint density at radius 3 is 2.79 bits per heavy atom. The number of furan rings is 1. The predicted octanol–water partition coefficient (Wildman–Crippen LogP) is 4.98. The Balaban J connectivity index is 1.42. The van der Waals surface area contributed by atoms with E-state index in [0.29, 0.717) is 17.3 Å². The van der Waals surface area contributed by atoms with Gasteiger partial charge in [-0.2, -0.15) is 0 Å². The lowest BCUT2D eigenvalue weighted by atomic mass is 9.89. The zero-order valence-corrected chi connectivity index (χ0v) is 15.9. The summed E-state index contributed by atoms with van der Waals surface area (Å²) in [5.74, 6) is 1.07. The number of likely N-dealkylation sites (tertiary alicyclic amines) is 1. The maximum Gasteiger partial charge on any atom is 0.256 e. The summed E-state index contributed by atoms with van der Waals surface area (Å²) in [6.45, 7) is 2.19. The van der Waals surface area contributed by atoms with Gasteiger partial charge >= 0.3 is 0 Å². The Hall–Kier alpha value is -3.05. The van der Waals surface area contributed by atoms with E-state index in [4.69, 9.17) is 4.42 Å². The minimum atomic E-state index is -0.121. The first-order chi connectivity index (χ1) is 13.7. The van der Waals surface area contributed by atoms with Gasteiger partial charge in [0.05, 0.1) is 6.26 Å². The van der Waals surface area contributed by atoms with Crippen LogP contribution < -0.4 is 5.32 Å². The van der Waals surface area contributed by atoms with Crippen molar-refractivity contribution in [2.24, 2.45) is 0 Å². The topological polar surface area (TPSA) is 61.3 Å². The molecular weight excluding hydrogens is 350 g/mol. The molecule has 0 saturated carbocycles. The van der Waals surface area contributed by atoms with E-state index in [1.165, 1.54) is 5.56 Å². The van der Waals surface area contributed by atoms with Gasteiger partial charge in [-0.1, -0.05) is 18.2 Å². The van der Waals surface area contributed by atoms with Crippen LogP contribution in [0.2, 0.25) is 0 Å². The van der Waals surface area contributed by atoms with Crippen LogP contribution in [0.1, 0.15) is 34.7 Å². The second-order valence-electron chi connectivity index (χ2n) is 7.70. The van der Waals surface area contributed by atoms with Crippen LogP contribution in [-0.2, 0) is 0 Å². The number of anilines is 1. The number of hydrogen-bond donors (Lipinski definition) is 2. The number of amides is 1. The number of benzene rings is 2. The molecule has 0 atom stereocenters. The van der Waals surface area contributed by atoms with Crippen LogP contribution in [0, 0.1) is 0 Å². The molecule has 1 aliphatic heterocycles. The number of carbonyl (C=O) groups is 1. The molecule has 0 unspecified atom stereocenters. The van der Waals surface area contributed by atoms with Crippen molar-refractivity contribution < 1.29 is 9.21 Å². The molecule has 1 fully saturated rings. The molecule has 1 saturated heterocycles. The van der Waals surface area contributed by atoms with E-state index in [1.807, 2.05) is 54.8 Å². The second-order valence-corrected chi connectivity index (χ2v) is 7.70. The van der Waals surface area contributed by atoms with Gasteiger partial charge < -0.3 is 19.6 Å². The van der Waals surface area contributed by atoms with Crippen molar-refractivity contribution in [1.29, 1.82) is 0 Å². The van der Waals surface area contributed by atoms with E-state index in [9.17, 15) is 4.79 Å². The zero-order valence-electron chi connectivity index (χ0n) is 15.9. The molecule has 28 heavy (non-hydrogen) atoms. The smallest absolute Gasteiger partial charge is 0.256 e. The van der Waals surface area contributed by atoms with Crippen LogP contribution >= 0.6 is 0 Å². The average Bonchev–Trinajstić information content (AvgIpc) is 3.31. The number of nitrogens with zero attached hydrogens (tertiary/aromatic N) is 1. The summed E-state index contributed by atoms with van der Waals surface area (Å²) >= 11 is 0. The highest BCUT2D eigenvalue weighted by Crippen LogP contribution is 2.34. The summed E-state index contributed by atoms with van der Waals surface area (Å²) in [4.78, 5) is 18.4. The molecule has 0 spiro atoms. The molecule has 4 aromatic rings. The number of hydrogen-bond acceptors (Lipinski definition) is 3. The van der Waals surface area contributed by atoms with Gasteiger partial charge in [0.25, 0.3) is 5.91 Å². The monoisotopic (exact) mass is 373 g/mol. The van der Waals surface area contributed by atoms with Crippen molar-refractivity contribution in [3.05, 3.63) is 65.9 Å². The SMILES string of the molecule is CN1CCC(c2coc3ccc(C(=O)Nc4cc5ccccc5[nH]4)cc23)CC1. The molecular formula is C23H23N3O2. The van der Waals surface area contributed by atoms with Crippen molar-refractivity contribution in [3.8, 4) is 0 Å². The molecule has 5 rings (SSSR count). The number of aromatic nitrogens is 1. The fourth-order valence-electron chi connectivity index (χ4n) is 4.16. The third-order valence-electron chi connectivity index (χ3n) is 5.80.